The van der Waals surface area contributed by atoms with E-state index in [1.807, 2.05) is 18.3 Å². The van der Waals surface area contributed by atoms with Crippen LogP contribution in [0.3, 0.4) is 0 Å². The highest BCUT2D eigenvalue weighted by atomic mass is 127. The molecule has 2 fully saturated rings. The number of carbonyl (C=O) groups is 1. The molecule has 0 spiro atoms. The number of ether oxygens (including phenoxy) is 2. The maximum absolute atomic E-state index is 11.7. The number of guanidine groups is 1. The summed E-state index contributed by atoms with van der Waals surface area (Å²) in [6, 6.07) is 4.02. The number of aromatic nitrogens is 1. The van der Waals surface area contributed by atoms with E-state index >= 15 is 0 Å². The fraction of sp³-hybridized carbons (Fsp3) is 0.682. The molecule has 168 valence electrons. The Kier molecular flexibility index (Phi) is 10.1. The van der Waals surface area contributed by atoms with Gasteiger partial charge in [-0.1, -0.05) is 6.92 Å². The minimum atomic E-state index is -0.107. The average Bonchev–Trinajstić information content (AvgIpc) is 2.76. The summed E-state index contributed by atoms with van der Waals surface area (Å²) < 4.78 is 11.0. The molecular weight excluding hydrogens is 495 g/mol. The standard InChI is InChI=1S/C22H34N4O3.HI/c1-16-4-6-19(7-5-16)29-20-14-17(8-11-24-20)15-25-22(23-2)26-12-9-18(10-13-26)21(27)28-3;/h8,11,14,16,18-19H,4-7,9-10,12-13,15H2,1-3H3,(H,23,25);1H. The largest absolute Gasteiger partial charge is 0.474 e. The topological polar surface area (TPSA) is 76.1 Å². The summed E-state index contributed by atoms with van der Waals surface area (Å²) in [6.45, 7) is 4.56. The van der Waals surface area contributed by atoms with Crippen LogP contribution < -0.4 is 10.1 Å². The zero-order chi connectivity index (χ0) is 20.6. The van der Waals surface area contributed by atoms with E-state index in [2.05, 4.69) is 27.1 Å². The highest BCUT2D eigenvalue weighted by Crippen LogP contribution is 2.26. The van der Waals surface area contributed by atoms with Crippen LogP contribution in [0.4, 0.5) is 0 Å². The molecule has 1 saturated carbocycles. The normalized spacial score (nSPS) is 22.8. The van der Waals surface area contributed by atoms with Gasteiger partial charge < -0.3 is 19.7 Å². The molecule has 0 atom stereocenters. The first kappa shape index (κ1) is 24.7. The molecule has 8 heteroatoms. The molecule has 7 nitrogen and oxygen atoms in total. The van der Waals surface area contributed by atoms with Crippen molar-refractivity contribution in [3.05, 3.63) is 23.9 Å². The third kappa shape index (κ3) is 6.99. The number of piperidine rings is 1. The van der Waals surface area contributed by atoms with Crippen LogP contribution in [0.25, 0.3) is 0 Å². The zero-order valence-electron chi connectivity index (χ0n) is 18.3. The maximum Gasteiger partial charge on any atom is 0.308 e. The lowest BCUT2D eigenvalue weighted by molar-refractivity contribution is -0.146. The molecule has 3 rings (SSSR count). The second kappa shape index (κ2) is 12.3. The van der Waals surface area contributed by atoms with Crippen molar-refractivity contribution in [1.29, 1.82) is 0 Å². The van der Waals surface area contributed by atoms with Crippen LogP contribution in [0.1, 0.15) is 51.0 Å². The summed E-state index contributed by atoms with van der Waals surface area (Å²) in [6.07, 6.45) is 8.36. The van der Waals surface area contributed by atoms with Crippen LogP contribution in [0, 0.1) is 11.8 Å². The third-order valence-corrected chi connectivity index (χ3v) is 6.04. The summed E-state index contributed by atoms with van der Waals surface area (Å²) >= 11 is 0. The van der Waals surface area contributed by atoms with Crippen LogP contribution in [-0.4, -0.2) is 55.2 Å². The number of hydrogen-bond acceptors (Lipinski definition) is 5. The van der Waals surface area contributed by atoms with E-state index in [9.17, 15) is 4.79 Å². The Balaban J connectivity index is 0.00000320. The number of nitrogens with one attached hydrogen (secondary N) is 1. The van der Waals surface area contributed by atoms with Crippen molar-refractivity contribution in [3.63, 3.8) is 0 Å². The predicted octanol–water partition coefficient (Wildman–Crippen LogP) is 3.62. The number of hydrogen-bond donors (Lipinski definition) is 1. The first-order valence-corrected chi connectivity index (χ1v) is 10.7. The minimum absolute atomic E-state index is 0. The van der Waals surface area contributed by atoms with Gasteiger partial charge in [-0.15, -0.1) is 24.0 Å². The van der Waals surface area contributed by atoms with Gasteiger partial charge in [0.15, 0.2) is 5.96 Å². The summed E-state index contributed by atoms with van der Waals surface area (Å²) in [7, 11) is 3.25. The third-order valence-electron chi connectivity index (χ3n) is 6.04. The molecule has 1 aliphatic carbocycles. The summed E-state index contributed by atoms with van der Waals surface area (Å²) in [5, 5.41) is 3.43. The molecule has 1 aromatic rings. The number of halogens is 1. The van der Waals surface area contributed by atoms with Crippen LogP contribution in [0.2, 0.25) is 0 Å². The van der Waals surface area contributed by atoms with Gasteiger partial charge in [-0.25, -0.2) is 4.98 Å². The average molecular weight is 530 g/mol. The van der Waals surface area contributed by atoms with Crippen molar-refractivity contribution in [2.45, 2.75) is 58.1 Å². The Bertz CT molecular complexity index is 699. The van der Waals surface area contributed by atoms with Crippen molar-refractivity contribution in [3.8, 4) is 5.88 Å². The number of rotatable bonds is 5. The molecule has 0 bridgehead atoms. The Morgan fingerprint density at radius 3 is 2.57 bits per heavy atom. The number of esters is 1. The van der Waals surface area contributed by atoms with Crippen molar-refractivity contribution in [2.75, 3.05) is 27.2 Å². The lowest BCUT2D eigenvalue weighted by Gasteiger charge is -2.33. The Morgan fingerprint density at radius 1 is 1.23 bits per heavy atom. The number of aliphatic imine (C=N–C) groups is 1. The summed E-state index contributed by atoms with van der Waals surface area (Å²) in [5.74, 6) is 2.26. The van der Waals surface area contributed by atoms with E-state index in [0.29, 0.717) is 12.4 Å². The Hall–Kier alpha value is -1.58. The molecular formula is C22H35IN4O3. The predicted molar refractivity (Wildman–Crippen MR) is 128 cm³/mol. The second-order valence-electron chi connectivity index (χ2n) is 8.19. The molecule has 0 amide bonds. The van der Waals surface area contributed by atoms with E-state index in [4.69, 9.17) is 9.47 Å². The fourth-order valence-corrected chi connectivity index (χ4v) is 4.15. The SMILES string of the molecule is CN=C(NCc1ccnc(OC2CCC(C)CC2)c1)N1CCC(C(=O)OC)CC1.I. The number of methoxy groups -OCH3 is 1. The quantitative estimate of drug-likeness (QED) is 0.271. The molecule has 2 heterocycles. The van der Waals surface area contributed by atoms with Gasteiger partial charge in [-0.05, 0) is 56.1 Å². The Morgan fingerprint density at radius 2 is 1.93 bits per heavy atom. The lowest BCUT2D eigenvalue weighted by atomic mass is 9.89. The van der Waals surface area contributed by atoms with Crippen molar-refractivity contribution < 1.29 is 14.3 Å². The van der Waals surface area contributed by atoms with Gasteiger partial charge in [-0.2, -0.15) is 0 Å². The van der Waals surface area contributed by atoms with E-state index in [1.165, 1.54) is 20.0 Å². The molecule has 2 aliphatic rings. The van der Waals surface area contributed by atoms with Gasteiger partial charge in [0.1, 0.15) is 6.10 Å². The fourth-order valence-electron chi connectivity index (χ4n) is 4.15. The van der Waals surface area contributed by atoms with Crippen molar-refractivity contribution >= 4 is 35.9 Å². The van der Waals surface area contributed by atoms with Gasteiger partial charge in [0.05, 0.1) is 13.0 Å². The van der Waals surface area contributed by atoms with Crippen LogP contribution >= 0.6 is 24.0 Å². The smallest absolute Gasteiger partial charge is 0.308 e. The zero-order valence-corrected chi connectivity index (χ0v) is 20.6. The molecule has 30 heavy (non-hydrogen) atoms. The highest BCUT2D eigenvalue weighted by Gasteiger charge is 2.27. The monoisotopic (exact) mass is 530 g/mol. The number of nitrogens with zero attached hydrogens (tertiary/aromatic N) is 3. The summed E-state index contributed by atoms with van der Waals surface area (Å²) in [4.78, 5) is 22.7. The maximum atomic E-state index is 11.7. The van der Waals surface area contributed by atoms with E-state index in [-0.39, 0.29) is 42.0 Å². The first-order valence-electron chi connectivity index (χ1n) is 10.7. The molecule has 0 unspecified atom stereocenters. The van der Waals surface area contributed by atoms with Crippen molar-refractivity contribution in [2.24, 2.45) is 16.8 Å². The van der Waals surface area contributed by atoms with Gasteiger partial charge in [0, 0.05) is 38.9 Å². The highest BCUT2D eigenvalue weighted by molar-refractivity contribution is 14.0. The number of likely N-dealkylation sites (tertiary alicyclic amines) is 1. The molecule has 1 saturated heterocycles. The van der Waals surface area contributed by atoms with Crippen molar-refractivity contribution in [1.82, 2.24) is 15.2 Å². The molecule has 0 aromatic carbocycles. The minimum Gasteiger partial charge on any atom is -0.474 e. The van der Waals surface area contributed by atoms with Gasteiger partial charge >= 0.3 is 5.97 Å². The molecule has 1 aliphatic heterocycles. The van der Waals surface area contributed by atoms with Crippen LogP contribution in [-0.2, 0) is 16.1 Å². The van der Waals surface area contributed by atoms with Gasteiger partial charge in [0.2, 0.25) is 5.88 Å². The van der Waals surface area contributed by atoms with Gasteiger partial charge in [-0.3, -0.25) is 9.79 Å². The number of carbonyl (C=O) groups excluding carboxylic acids is 1. The Labute approximate surface area is 197 Å². The van der Waals surface area contributed by atoms with Crippen LogP contribution in [0.15, 0.2) is 23.3 Å². The van der Waals surface area contributed by atoms with Crippen LogP contribution in [0.5, 0.6) is 5.88 Å². The van der Waals surface area contributed by atoms with E-state index in [1.54, 1.807) is 7.05 Å². The summed E-state index contributed by atoms with van der Waals surface area (Å²) in [5.41, 5.74) is 1.12. The van der Waals surface area contributed by atoms with E-state index in [0.717, 1.165) is 56.2 Å². The first-order chi connectivity index (χ1) is 14.1. The molecule has 1 aromatic heterocycles. The molecule has 1 N–H and O–H groups in total. The van der Waals surface area contributed by atoms with E-state index < -0.39 is 0 Å². The molecule has 0 radical (unpaired) electrons. The number of pyridine rings is 1. The van der Waals surface area contributed by atoms with Gasteiger partial charge in [0.25, 0.3) is 0 Å². The second-order valence-corrected chi connectivity index (χ2v) is 8.19. The lowest BCUT2D eigenvalue weighted by Crippen LogP contribution is -2.46.